The molecular weight excluding hydrogens is 491 g/mol. The Balaban J connectivity index is 1.19. The summed E-state index contributed by atoms with van der Waals surface area (Å²) in [5, 5.41) is 3.45. The van der Waals surface area contributed by atoms with E-state index in [9.17, 15) is 14.0 Å². The maximum atomic E-state index is 13.1. The van der Waals surface area contributed by atoms with E-state index in [1.807, 2.05) is 42.5 Å². The Hall–Kier alpha value is -4.62. The molecule has 0 unspecified atom stereocenters. The smallest absolute Gasteiger partial charge is 0.257 e. The topological polar surface area (TPSA) is 78.1 Å². The van der Waals surface area contributed by atoms with E-state index in [1.165, 1.54) is 12.1 Å². The fraction of sp³-hybridized carbons (Fsp3) is 0.156. The molecule has 6 nitrogen and oxygen atoms in total. The van der Waals surface area contributed by atoms with Gasteiger partial charge >= 0.3 is 0 Å². The number of likely N-dealkylation sites (tertiary alicyclic amines) is 1. The molecular formula is C32H27FN4O2. The van der Waals surface area contributed by atoms with Crippen molar-refractivity contribution in [3.05, 3.63) is 119 Å². The molecule has 1 fully saturated rings. The molecule has 7 heteroatoms. The van der Waals surface area contributed by atoms with Crippen molar-refractivity contribution in [2.45, 2.75) is 13.0 Å². The lowest BCUT2D eigenvalue weighted by molar-refractivity contribution is -0.119. The lowest BCUT2D eigenvalue weighted by atomic mass is 9.97. The number of carbonyl (C=O) groups excluding carboxylic acids is 1. The Morgan fingerprint density at radius 3 is 2.51 bits per heavy atom. The molecule has 1 saturated heterocycles. The maximum Gasteiger partial charge on any atom is 0.257 e. The van der Waals surface area contributed by atoms with Crippen molar-refractivity contribution in [2.24, 2.45) is 5.92 Å². The number of rotatable bonds is 6. The Morgan fingerprint density at radius 1 is 0.974 bits per heavy atom. The van der Waals surface area contributed by atoms with Gasteiger partial charge in [0, 0.05) is 36.1 Å². The third kappa shape index (κ3) is 5.35. The zero-order valence-corrected chi connectivity index (χ0v) is 21.2. The minimum Gasteiger partial charge on any atom is -0.328 e. The number of aromatic nitrogens is 2. The molecule has 0 spiro atoms. The second kappa shape index (κ2) is 10.6. The summed E-state index contributed by atoms with van der Waals surface area (Å²) in [6, 6.07) is 27.9. The van der Waals surface area contributed by atoms with Gasteiger partial charge in [0.1, 0.15) is 5.82 Å². The first-order chi connectivity index (χ1) is 19.0. The van der Waals surface area contributed by atoms with Gasteiger partial charge in [-0.2, -0.15) is 0 Å². The summed E-state index contributed by atoms with van der Waals surface area (Å²) in [7, 11) is 0. The SMILES string of the molecule is O=C(Nc1ccc(F)cc1)[C@@H]1CCN(Cc2ccc(-c3nc4cc[nH]c(=O)c4cc3-c3ccccc3)cc2)C1. The van der Waals surface area contributed by atoms with E-state index < -0.39 is 0 Å². The Morgan fingerprint density at radius 2 is 1.74 bits per heavy atom. The number of benzene rings is 3. The van der Waals surface area contributed by atoms with E-state index in [0.29, 0.717) is 23.1 Å². The summed E-state index contributed by atoms with van der Waals surface area (Å²) in [4.78, 5) is 35.1. The molecule has 1 amide bonds. The van der Waals surface area contributed by atoms with Crippen LogP contribution in [0.4, 0.5) is 10.1 Å². The third-order valence-corrected chi connectivity index (χ3v) is 7.23. The van der Waals surface area contributed by atoms with Crippen molar-refractivity contribution in [3.8, 4) is 22.4 Å². The lowest BCUT2D eigenvalue weighted by Crippen LogP contribution is -2.26. The molecule has 3 heterocycles. The van der Waals surface area contributed by atoms with Gasteiger partial charge in [-0.25, -0.2) is 9.37 Å². The van der Waals surface area contributed by atoms with Crippen LogP contribution >= 0.6 is 0 Å². The van der Waals surface area contributed by atoms with E-state index in [1.54, 1.807) is 18.3 Å². The second-order valence-electron chi connectivity index (χ2n) is 9.90. The number of nitrogens with zero attached hydrogens (tertiary/aromatic N) is 2. The van der Waals surface area contributed by atoms with Crippen LogP contribution in [0.5, 0.6) is 0 Å². The van der Waals surface area contributed by atoms with Crippen LogP contribution in [-0.4, -0.2) is 33.9 Å². The highest BCUT2D eigenvalue weighted by molar-refractivity contribution is 5.93. The number of nitrogens with one attached hydrogen (secondary N) is 2. The summed E-state index contributed by atoms with van der Waals surface area (Å²) >= 11 is 0. The largest absolute Gasteiger partial charge is 0.328 e. The molecule has 0 saturated carbocycles. The van der Waals surface area contributed by atoms with Gasteiger partial charge in [-0.3, -0.25) is 14.5 Å². The summed E-state index contributed by atoms with van der Waals surface area (Å²) in [5.74, 6) is -0.462. The zero-order valence-electron chi connectivity index (χ0n) is 21.2. The first kappa shape index (κ1) is 24.7. The maximum absolute atomic E-state index is 13.1. The quantitative estimate of drug-likeness (QED) is 0.295. The van der Waals surface area contributed by atoms with Crippen molar-refractivity contribution in [1.82, 2.24) is 14.9 Å². The summed E-state index contributed by atoms with van der Waals surface area (Å²) < 4.78 is 13.1. The molecule has 0 aliphatic carbocycles. The van der Waals surface area contributed by atoms with Crippen LogP contribution in [0.3, 0.4) is 0 Å². The highest BCUT2D eigenvalue weighted by atomic mass is 19.1. The first-order valence-electron chi connectivity index (χ1n) is 13.0. The van der Waals surface area contributed by atoms with Crippen molar-refractivity contribution in [1.29, 1.82) is 0 Å². The van der Waals surface area contributed by atoms with Crippen molar-refractivity contribution in [2.75, 3.05) is 18.4 Å². The van der Waals surface area contributed by atoms with E-state index in [4.69, 9.17) is 4.98 Å². The average molecular weight is 519 g/mol. The molecule has 1 aliphatic rings. The van der Waals surface area contributed by atoms with Gasteiger partial charge in [0.15, 0.2) is 0 Å². The monoisotopic (exact) mass is 518 g/mol. The summed E-state index contributed by atoms with van der Waals surface area (Å²) in [6.07, 6.45) is 2.40. The van der Waals surface area contributed by atoms with Gasteiger partial charge in [0.2, 0.25) is 5.91 Å². The van der Waals surface area contributed by atoms with Crippen LogP contribution < -0.4 is 10.9 Å². The number of halogens is 1. The molecule has 1 aliphatic heterocycles. The van der Waals surface area contributed by atoms with Crippen LogP contribution in [0.2, 0.25) is 0 Å². The minimum absolute atomic E-state index is 0.0332. The average Bonchev–Trinajstić information content (AvgIpc) is 3.43. The van der Waals surface area contributed by atoms with Crippen molar-refractivity contribution < 1.29 is 9.18 Å². The lowest BCUT2D eigenvalue weighted by Gasteiger charge is -2.17. The number of aromatic amines is 1. The standard InChI is InChI=1S/C32H27FN4O2/c33-25-10-12-26(13-11-25)35-31(38)24-15-17-37(20-24)19-21-6-8-23(9-7-21)30-27(22-4-2-1-3-5-22)18-28-29(36-30)14-16-34-32(28)39/h1-14,16,18,24H,15,17,19-20H2,(H,34,39)(H,35,38)/t24-/m1/s1. The van der Waals surface area contributed by atoms with Gasteiger partial charge in [-0.05, 0) is 60.5 Å². The molecule has 2 N–H and O–H groups in total. The van der Waals surface area contributed by atoms with Crippen LogP contribution in [0.25, 0.3) is 33.3 Å². The summed E-state index contributed by atoms with van der Waals surface area (Å²) in [5.41, 5.74) is 5.95. The Bertz CT molecular complexity index is 1680. The van der Waals surface area contributed by atoms with E-state index >= 15 is 0 Å². The molecule has 1 atom stereocenters. The zero-order chi connectivity index (χ0) is 26.8. The van der Waals surface area contributed by atoms with Crippen molar-refractivity contribution >= 4 is 22.5 Å². The highest BCUT2D eigenvalue weighted by Crippen LogP contribution is 2.33. The Labute approximate surface area is 225 Å². The predicted molar refractivity (Wildman–Crippen MR) is 152 cm³/mol. The minimum atomic E-state index is -0.325. The van der Waals surface area contributed by atoms with Gasteiger partial charge in [0.05, 0.1) is 22.5 Å². The van der Waals surface area contributed by atoms with Crippen LogP contribution in [0.1, 0.15) is 12.0 Å². The number of hydrogen-bond donors (Lipinski definition) is 2. The van der Waals surface area contributed by atoms with Gasteiger partial charge < -0.3 is 10.3 Å². The van der Waals surface area contributed by atoms with E-state index in [2.05, 4.69) is 39.5 Å². The third-order valence-electron chi connectivity index (χ3n) is 7.23. The Kier molecular flexibility index (Phi) is 6.73. The van der Waals surface area contributed by atoms with Crippen molar-refractivity contribution in [3.63, 3.8) is 0 Å². The molecule has 2 aromatic heterocycles. The predicted octanol–water partition coefficient (Wildman–Crippen LogP) is 5.86. The van der Waals surface area contributed by atoms with Crippen LogP contribution in [0, 0.1) is 11.7 Å². The number of amides is 1. The van der Waals surface area contributed by atoms with Crippen LogP contribution in [-0.2, 0) is 11.3 Å². The van der Waals surface area contributed by atoms with Gasteiger partial charge in [-0.1, -0.05) is 54.6 Å². The first-order valence-corrected chi connectivity index (χ1v) is 13.0. The molecule has 39 heavy (non-hydrogen) atoms. The van der Waals surface area contributed by atoms with E-state index in [0.717, 1.165) is 47.5 Å². The molecule has 0 bridgehead atoms. The van der Waals surface area contributed by atoms with Gasteiger partial charge in [0.25, 0.3) is 5.56 Å². The number of H-pyrrole nitrogens is 1. The number of hydrogen-bond acceptors (Lipinski definition) is 4. The molecule has 6 rings (SSSR count). The number of fused-ring (bicyclic) bond motifs is 1. The highest BCUT2D eigenvalue weighted by Gasteiger charge is 2.28. The summed E-state index contributed by atoms with van der Waals surface area (Å²) in [6.45, 7) is 2.25. The fourth-order valence-corrected chi connectivity index (χ4v) is 5.16. The van der Waals surface area contributed by atoms with E-state index in [-0.39, 0.29) is 23.2 Å². The number of anilines is 1. The van der Waals surface area contributed by atoms with Gasteiger partial charge in [-0.15, -0.1) is 0 Å². The molecule has 3 aromatic carbocycles. The molecule has 194 valence electrons. The fourth-order valence-electron chi connectivity index (χ4n) is 5.16. The normalized spacial score (nSPS) is 15.5. The number of pyridine rings is 2. The molecule has 5 aromatic rings. The second-order valence-corrected chi connectivity index (χ2v) is 9.90. The molecule has 0 radical (unpaired) electrons. The van der Waals surface area contributed by atoms with Crippen LogP contribution in [0.15, 0.2) is 102 Å². The number of carbonyl (C=O) groups is 1.